The number of H-pyrrole nitrogens is 1. The minimum atomic E-state index is -1.29. The maximum absolute atomic E-state index is 11.8. The van der Waals surface area contributed by atoms with Gasteiger partial charge in [0.2, 0.25) is 0 Å². The van der Waals surface area contributed by atoms with E-state index in [9.17, 15) is 20.1 Å². The summed E-state index contributed by atoms with van der Waals surface area (Å²) in [4.78, 5) is 22.1. The van der Waals surface area contributed by atoms with Crippen molar-refractivity contribution in [1.29, 1.82) is 0 Å². The number of ether oxygens (including phenoxy) is 1. The SMILES string of the molecule is C[C@H](O)C1O[C@H](n2cnc3nc[nH]c(=O)c32)[C@H](O)[C@@H]1O. The number of nitrogens with zero attached hydrogens (tertiary/aromatic N) is 3. The third-order valence-corrected chi connectivity index (χ3v) is 3.40. The highest BCUT2D eigenvalue weighted by Gasteiger charge is 2.46. The highest BCUT2D eigenvalue weighted by molar-refractivity contribution is 5.69. The Morgan fingerprint density at radius 3 is 2.80 bits per heavy atom. The molecule has 9 heteroatoms. The first-order valence-electron chi connectivity index (χ1n) is 6.10. The summed E-state index contributed by atoms with van der Waals surface area (Å²) in [6.07, 6.45) is -2.93. The van der Waals surface area contributed by atoms with E-state index in [0.717, 1.165) is 0 Å². The van der Waals surface area contributed by atoms with Crippen LogP contribution in [0, 0.1) is 0 Å². The summed E-state index contributed by atoms with van der Waals surface area (Å²) in [5.41, 5.74) is -0.0900. The quantitative estimate of drug-likeness (QED) is 0.506. The van der Waals surface area contributed by atoms with E-state index in [0.29, 0.717) is 0 Å². The zero-order chi connectivity index (χ0) is 14.4. The molecule has 20 heavy (non-hydrogen) atoms. The molecule has 108 valence electrons. The Bertz CT molecular complexity index is 681. The molecule has 1 saturated heterocycles. The van der Waals surface area contributed by atoms with E-state index in [1.807, 2.05) is 0 Å². The molecule has 0 spiro atoms. The molecule has 0 saturated carbocycles. The second-order valence-corrected chi connectivity index (χ2v) is 4.77. The predicted octanol–water partition coefficient (Wildman–Crippen LogP) is -1.88. The van der Waals surface area contributed by atoms with Crippen LogP contribution in [0.2, 0.25) is 0 Å². The van der Waals surface area contributed by atoms with Crippen LogP contribution in [-0.4, -0.2) is 59.3 Å². The number of aliphatic hydroxyl groups excluding tert-OH is 3. The molecule has 3 rings (SSSR count). The summed E-state index contributed by atoms with van der Waals surface area (Å²) >= 11 is 0. The maximum Gasteiger partial charge on any atom is 0.277 e. The van der Waals surface area contributed by atoms with Gasteiger partial charge in [-0.1, -0.05) is 0 Å². The van der Waals surface area contributed by atoms with E-state index in [-0.39, 0.29) is 11.2 Å². The Morgan fingerprint density at radius 1 is 1.40 bits per heavy atom. The number of aromatic nitrogens is 4. The fraction of sp³-hybridized carbons (Fsp3) is 0.545. The number of nitrogens with one attached hydrogen (secondary N) is 1. The smallest absolute Gasteiger partial charge is 0.277 e. The first-order valence-corrected chi connectivity index (χ1v) is 6.10. The number of aliphatic hydroxyl groups is 3. The molecular weight excluding hydrogens is 268 g/mol. The molecule has 0 aliphatic carbocycles. The van der Waals surface area contributed by atoms with E-state index in [2.05, 4.69) is 15.0 Å². The van der Waals surface area contributed by atoms with Gasteiger partial charge in [0.25, 0.3) is 5.56 Å². The highest BCUT2D eigenvalue weighted by atomic mass is 16.6. The van der Waals surface area contributed by atoms with Crippen molar-refractivity contribution in [3.05, 3.63) is 23.0 Å². The van der Waals surface area contributed by atoms with Crippen molar-refractivity contribution in [1.82, 2.24) is 19.5 Å². The summed E-state index contributed by atoms with van der Waals surface area (Å²) in [5, 5.41) is 29.4. The largest absolute Gasteiger partial charge is 0.391 e. The molecule has 0 aromatic carbocycles. The van der Waals surface area contributed by atoms with Crippen LogP contribution in [-0.2, 0) is 4.74 Å². The Kier molecular flexibility index (Phi) is 3.05. The van der Waals surface area contributed by atoms with Crippen LogP contribution in [0.5, 0.6) is 0 Å². The van der Waals surface area contributed by atoms with Crippen LogP contribution >= 0.6 is 0 Å². The fourth-order valence-electron chi connectivity index (χ4n) is 2.39. The standard InChI is InChI=1S/C11H14N4O5/c1-4(16)8-6(17)7(18)11(20-8)15-3-14-9-5(15)10(19)13-2-12-9/h2-4,6-8,11,16-18H,1H3,(H,12,13,19)/t4-,6-,7+,8?,11-/m0/s1. The molecule has 1 fully saturated rings. The van der Waals surface area contributed by atoms with Gasteiger partial charge in [-0.15, -0.1) is 0 Å². The van der Waals surface area contributed by atoms with Gasteiger partial charge in [-0.2, -0.15) is 0 Å². The zero-order valence-electron chi connectivity index (χ0n) is 10.5. The van der Waals surface area contributed by atoms with E-state index in [4.69, 9.17) is 4.74 Å². The van der Waals surface area contributed by atoms with Crippen molar-refractivity contribution < 1.29 is 20.1 Å². The number of fused-ring (bicyclic) bond motifs is 1. The fourth-order valence-corrected chi connectivity index (χ4v) is 2.39. The molecule has 5 atom stereocenters. The summed E-state index contributed by atoms with van der Waals surface area (Å²) in [7, 11) is 0. The third-order valence-electron chi connectivity index (χ3n) is 3.40. The van der Waals surface area contributed by atoms with Crippen LogP contribution in [0.15, 0.2) is 17.4 Å². The minimum absolute atomic E-state index is 0.134. The molecule has 9 nitrogen and oxygen atoms in total. The van der Waals surface area contributed by atoms with Gasteiger partial charge in [0.1, 0.15) is 24.6 Å². The van der Waals surface area contributed by atoms with Gasteiger partial charge in [0, 0.05) is 0 Å². The molecule has 2 aromatic heterocycles. The van der Waals surface area contributed by atoms with E-state index in [1.54, 1.807) is 0 Å². The van der Waals surface area contributed by atoms with Crippen molar-refractivity contribution in [2.45, 2.75) is 37.6 Å². The molecule has 4 N–H and O–H groups in total. The topological polar surface area (TPSA) is 133 Å². The lowest BCUT2D eigenvalue weighted by Crippen LogP contribution is -2.37. The molecule has 0 amide bonds. The first-order chi connectivity index (χ1) is 9.50. The molecule has 0 radical (unpaired) electrons. The summed E-state index contributed by atoms with van der Waals surface area (Å²) in [5.74, 6) is 0. The van der Waals surface area contributed by atoms with Gasteiger partial charge < -0.3 is 25.0 Å². The van der Waals surface area contributed by atoms with Gasteiger partial charge in [-0.05, 0) is 6.92 Å². The highest BCUT2D eigenvalue weighted by Crippen LogP contribution is 2.32. The van der Waals surface area contributed by atoms with Crippen molar-refractivity contribution in [3.8, 4) is 0 Å². The molecule has 2 aromatic rings. The predicted molar refractivity (Wildman–Crippen MR) is 65.8 cm³/mol. The zero-order valence-corrected chi connectivity index (χ0v) is 10.5. The molecular formula is C11H14N4O5. The number of imidazole rings is 1. The van der Waals surface area contributed by atoms with Crippen molar-refractivity contribution in [2.75, 3.05) is 0 Å². The number of hydrogen-bond acceptors (Lipinski definition) is 7. The third kappa shape index (κ3) is 1.83. The Morgan fingerprint density at radius 2 is 2.15 bits per heavy atom. The average Bonchev–Trinajstić information content (AvgIpc) is 2.94. The van der Waals surface area contributed by atoms with Crippen molar-refractivity contribution in [3.63, 3.8) is 0 Å². The van der Waals surface area contributed by atoms with Crippen molar-refractivity contribution in [2.24, 2.45) is 0 Å². The lowest BCUT2D eigenvalue weighted by atomic mass is 10.1. The first kappa shape index (κ1) is 13.2. The normalized spacial score (nSPS) is 31.8. The van der Waals surface area contributed by atoms with Gasteiger partial charge in [-0.25, -0.2) is 9.97 Å². The molecule has 1 aliphatic rings. The van der Waals surface area contributed by atoms with E-state index < -0.39 is 36.2 Å². The second kappa shape index (κ2) is 4.63. The summed E-state index contributed by atoms with van der Waals surface area (Å²) in [6, 6.07) is 0. The average molecular weight is 282 g/mol. The molecule has 1 unspecified atom stereocenters. The Labute approximate surface area is 112 Å². The molecule has 1 aliphatic heterocycles. The van der Waals surface area contributed by atoms with Crippen LogP contribution in [0.3, 0.4) is 0 Å². The number of rotatable bonds is 2. The van der Waals surface area contributed by atoms with E-state index >= 15 is 0 Å². The lowest BCUT2D eigenvalue weighted by Gasteiger charge is -2.17. The van der Waals surface area contributed by atoms with Crippen LogP contribution in [0.4, 0.5) is 0 Å². The monoisotopic (exact) mass is 282 g/mol. The van der Waals surface area contributed by atoms with Crippen LogP contribution in [0.25, 0.3) is 11.2 Å². The minimum Gasteiger partial charge on any atom is -0.391 e. The van der Waals surface area contributed by atoms with Crippen LogP contribution in [0.1, 0.15) is 13.2 Å². The number of aromatic amines is 1. The molecule has 3 heterocycles. The Balaban J connectivity index is 2.06. The van der Waals surface area contributed by atoms with Gasteiger partial charge >= 0.3 is 0 Å². The van der Waals surface area contributed by atoms with Crippen molar-refractivity contribution >= 4 is 11.2 Å². The van der Waals surface area contributed by atoms with Crippen LogP contribution < -0.4 is 5.56 Å². The molecule has 0 bridgehead atoms. The van der Waals surface area contributed by atoms with E-state index in [1.165, 1.54) is 24.1 Å². The second-order valence-electron chi connectivity index (χ2n) is 4.77. The summed E-state index contributed by atoms with van der Waals surface area (Å²) < 4.78 is 6.75. The lowest BCUT2D eigenvalue weighted by molar-refractivity contribution is -0.0776. The Hall–Kier alpha value is -1.81. The van der Waals surface area contributed by atoms with Gasteiger partial charge in [0.05, 0.1) is 12.4 Å². The maximum atomic E-state index is 11.8. The van der Waals surface area contributed by atoms with Gasteiger partial charge in [0.15, 0.2) is 17.4 Å². The van der Waals surface area contributed by atoms with Gasteiger partial charge in [-0.3, -0.25) is 9.36 Å². The number of hydrogen-bond donors (Lipinski definition) is 4. The summed E-state index contributed by atoms with van der Waals surface area (Å²) in [6.45, 7) is 1.45.